The molecule has 0 bridgehead atoms. The van der Waals surface area contributed by atoms with Crippen LogP contribution in [0.3, 0.4) is 0 Å². The smallest absolute Gasteiger partial charge is 0.276 e. The Kier molecular flexibility index (Phi) is 7.35. The van der Waals surface area contributed by atoms with Gasteiger partial charge in [-0.1, -0.05) is 22.0 Å². The Balaban J connectivity index is 1.44. The van der Waals surface area contributed by atoms with E-state index in [0.717, 1.165) is 0 Å². The normalized spacial score (nSPS) is 21.3. The number of likely N-dealkylation sites (tertiary alicyclic amines) is 1. The number of halogens is 1. The SMILES string of the molecule is NN=NC1=C(Cl)N=C(C(=O)NC2=NC3(CCN(C(=O)c4ccc(N=O)cc4)CC3)CN2N)C(N=NN)N1. The van der Waals surface area contributed by atoms with Crippen molar-refractivity contribution in [3.8, 4) is 0 Å². The van der Waals surface area contributed by atoms with Crippen molar-refractivity contribution in [1.29, 1.82) is 0 Å². The van der Waals surface area contributed by atoms with Gasteiger partial charge in [0.15, 0.2) is 22.9 Å². The van der Waals surface area contributed by atoms with Crippen LogP contribution >= 0.6 is 11.6 Å². The fraction of sp³-hybridized carbons (Fsp3) is 0.368. The van der Waals surface area contributed by atoms with Crippen molar-refractivity contribution in [1.82, 2.24) is 20.5 Å². The molecular weight excluding hydrogens is 508 g/mol. The van der Waals surface area contributed by atoms with Crippen LogP contribution in [-0.4, -0.2) is 64.7 Å². The number of piperidine rings is 1. The van der Waals surface area contributed by atoms with Gasteiger partial charge in [-0.05, 0) is 42.3 Å². The van der Waals surface area contributed by atoms with Gasteiger partial charge in [-0.3, -0.25) is 19.9 Å². The Bertz CT molecular complexity index is 1230. The second-order valence-corrected chi connectivity index (χ2v) is 8.66. The number of benzene rings is 1. The van der Waals surface area contributed by atoms with Gasteiger partial charge in [0, 0.05) is 18.7 Å². The second-order valence-electron chi connectivity index (χ2n) is 8.30. The number of aliphatic imine (C=N–C) groups is 2. The van der Waals surface area contributed by atoms with E-state index in [2.05, 4.69) is 46.5 Å². The van der Waals surface area contributed by atoms with E-state index in [4.69, 9.17) is 29.1 Å². The molecule has 0 aromatic heterocycles. The van der Waals surface area contributed by atoms with E-state index in [1.54, 1.807) is 17.0 Å². The fourth-order valence-electron chi connectivity index (χ4n) is 4.16. The topological polar surface area (TPSA) is 246 Å². The molecule has 0 radical (unpaired) electrons. The summed E-state index contributed by atoms with van der Waals surface area (Å²) in [6.07, 6.45) is -0.0661. The molecule has 0 saturated carbocycles. The lowest BCUT2D eigenvalue weighted by atomic mass is 9.88. The Morgan fingerprint density at radius 2 is 1.86 bits per heavy atom. The molecule has 0 aliphatic carbocycles. The molecule has 1 unspecified atom stereocenters. The van der Waals surface area contributed by atoms with Crippen molar-refractivity contribution in [3.05, 3.63) is 45.7 Å². The largest absolute Gasteiger partial charge is 0.338 e. The standard InChI is InChI=1S/C19H23ClN14O3/c20-13-15(29-32-22)25-14(28-31-21)12(24-13)16(35)26-18-27-19(9-34(18)23)5-7-33(8-6-19)17(36)10-1-3-11(30-37)4-2-10/h1-4,14,25H,5-9,23H2,(H2,21,28)(H2,22,29)(H,26,27,35). The number of nitrogens with zero attached hydrogens (tertiary/aromatic N) is 9. The summed E-state index contributed by atoms with van der Waals surface area (Å²) in [5.74, 6) is 15.6. The van der Waals surface area contributed by atoms with Crippen LogP contribution < -0.4 is 28.2 Å². The van der Waals surface area contributed by atoms with Crippen LogP contribution in [0, 0.1) is 4.91 Å². The molecule has 194 valence electrons. The van der Waals surface area contributed by atoms with Crippen LogP contribution in [0.15, 0.2) is 71.1 Å². The molecule has 3 aliphatic rings. The highest BCUT2D eigenvalue weighted by atomic mass is 35.5. The zero-order valence-electron chi connectivity index (χ0n) is 19.3. The van der Waals surface area contributed by atoms with E-state index < -0.39 is 17.6 Å². The summed E-state index contributed by atoms with van der Waals surface area (Å²) < 4.78 is 0. The maximum atomic E-state index is 13.0. The van der Waals surface area contributed by atoms with Crippen molar-refractivity contribution in [2.75, 3.05) is 19.6 Å². The lowest BCUT2D eigenvalue weighted by Crippen LogP contribution is -2.52. The van der Waals surface area contributed by atoms with Gasteiger partial charge in [0.05, 0.1) is 12.1 Å². The van der Waals surface area contributed by atoms with Crippen molar-refractivity contribution < 1.29 is 9.59 Å². The molecule has 37 heavy (non-hydrogen) atoms. The van der Waals surface area contributed by atoms with E-state index in [0.29, 0.717) is 38.0 Å². The number of carbonyl (C=O) groups excluding carboxylic acids is 2. The van der Waals surface area contributed by atoms with Crippen LogP contribution in [0.25, 0.3) is 0 Å². The maximum absolute atomic E-state index is 13.0. The third kappa shape index (κ3) is 5.36. The van der Waals surface area contributed by atoms with E-state index >= 15 is 0 Å². The monoisotopic (exact) mass is 530 g/mol. The average Bonchev–Trinajstić information content (AvgIpc) is 3.19. The minimum atomic E-state index is -1.11. The highest BCUT2D eigenvalue weighted by molar-refractivity contribution is 6.45. The third-order valence-corrected chi connectivity index (χ3v) is 6.29. The molecule has 1 saturated heterocycles. The average molecular weight is 531 g/mol. The van der Waals surface area contributed by atoms with Crippen LogP contribution in [0.5, 0.6) is 0 Å². The van der Waals surface area contributed by atoms with Gasteiger partial charge in [-0.25, -0.2) is 15.8 Å². The predicted octanol–water partition coefficient (Wildman–Crippen LogP) is 0.108. The summed E-state index contributed by atoms with van der Waals surface area (Å²) in [7, 11) is 0. The van der Waals surface area contributed by atoms with Gasteiger partial charge < -0.3 is 21.9 Å². The number of amides is 2. The number of nitroso groups, excluding NO2 is 1. The van der Waals surface area contributed by atoms with Gasteiger partial charge in [0.1, 0.15) is 5.69 Å². The highest BCUT2D eigenvalue weighted by Crippen LogP contribution is 2.31. The number of hydrazine groups is 1. The zero-order valence-corrected chi connectivity index (χ0v) is 20.0. The van der Waals surface area contributed by atoms with Crippen molar-refractivity contribution in [3.63, 3.8) is 0 Å². The molecule has 2 amide bonds. The lowest BCUT2D eigenvalue weighted by Gasteiger charge is -2.37. The molecule has 18 heteroatoms. The first-order valence-corrected chi connectivity index (χ1v) is 11.3. The quantitative estimate of drug-likeness (QED) is 0.114. The van der Waals surface area contributed by atoms with Gasteiger partial charge in [-0.15, -0.1) is 15.1 Å². The molecule has 17 nitrogen and oxygen atoms in total. The zero-order chi connectivity index (χ0) is 26.6. The molecule has 1 spiro atoms. The van der Waals surface area contributed by atoms with Crippen molar-refractivity contribution >= 4 is 40.8 Å². The number of nitrogens with two attached hydrogens (primary N) is 3. The van der Waals surface area contributed by atoms with Crippen LogP contribution in [0.2, 0.25) is 0 Å². The molecule has 1 fully saturated rings. The first kappa shape index (κ1) is 25.6. The van der Waals surface area contributed by atoms with Gasteiger partial charge >= 0.3 is 0 Å². The van der Waals surface area contributed by atoms with E-state index in [1.165, 1.54) is 17.1 Å². The van der Waals surface area contributed by atoms with E-state index in [-0.39, 0.29) is 34.2 Å². The van der Waals surface area contributed by atoms with Gasteiger partial charge in [-0.2, -0.15) is 0 Å². The summed E-state index contributed by atoms with van der Waals surface area (Å²) in [6.45, 7) is 1.20. The van der Waals surface area contributed by atoms with Crippen LogP contribution in [-0.2, 0) is 4.79 Å². The minimum Gasteiger partial charge on any atom is -0.338 e. The Morgan fingerprint density at radius 1 is 1.16 bits per heavy atom. The number of nitrogens with one attached hydrogen (secondary N) is 2. The molecule has 3 heterocycles. The van der Waals surface area contributed by atoms with Crippen LogP contribution in [0.4, 0.5) is 5.69 Å². The van der Waals surface area contributed by atoms with Crippen molar-refractivity contribution in [2.45, 2.75) is 24.5 Å². The molecule has 1 aromatic carbocycles. The summed E-state index contributed by atoms with van der Waals surface area (Å²) in [4.78, 5) is 46.8. The summed E-state index contributed by atoms with van der Waals surface area (Å²) in [6, 6.07) is 6.11. The van der Waals surface area contributed by atoms with E-state index in [1.807, 2.05) is 0 Å². The highest BCUT2D eigenvalue weighted by Gasteiger charge is 2.43. The number of guanidine groups is 1. The molecule has 4 rings (SSSR count). The minimum absolute atomic E-state index is 0.0200. The number of carbonyl (C=O) groups is 2. The predicted molar refractivity (Wildman–Crippen MR) is 132 cm³/mol. The van der Waals surface area contributed by atoms with Crippen molar-refractivity contribution in [2.24, 2.45) is 53.4 Å². The first-order chi connectivity index (χ1) is 17.8. The molecule has 8 N–H and O–H groups in total. The molecule has 1 aromatic rings. The second kappa shape index (κ2) is 10.6. The van der Waals surface area contributed by atoms with Gasteiger partial charge in [0.2, 0.25) is 5.96 Å². The Morgan fingerprint density at radius 3 is 2.49 bits per heavy atom. The fourth-order valence-corrected chi connectivity index (χ4v) is 4.34. The maximum Gasteiger partial charge on any atom is 0.276 e. The molecule has 3 aliphatic heterocycles. The lowest BCUT2D eigenvalue weighted by molar-refractivity contribution is -0.113. The Labute approximate surface area is 214 Å². The first-order valence-electron chi connectivity index (χ1n) is 10.9. The summed E-state index contributed by atoms with van der Waals surface area (Å²) in [5, 5.41) is 22.9. The third-order valence-electron chi connectivity index (χ3n) is 6.03. The summed E-state index contributed by atoms with van der Waals surface area (Å²) in [5.41, 5.74) is -0.0431. The van der Waals surface area contributed by atoms with E-state index in [9.17, 15) is 14.5 Å². The number of hydrogen-bond donors (Lipinski definition) is 5. The molecular formula is C19H23ClN14O3. The van der Waals surface area contributed by atoms with Gasteiger partial charge in [0.25, 0.3) is 11.8 Å². The summed E-state index contributed by atoms with van der Waals surface area (Å²) >= 11 is 6.05. The molecule has 1 atom stereocenters. The Hall–Kier alpha value is -4.51. The number of rotatable bonds is 5. The number of hydrogen-bond acceptors (Lipinski definition) is 13. The van der Waals surface area contributed by atoms with Crippen LogP contribution in [0.1, 0.15) is 23.2 Å².